The molecule has 0 spiro atoms. The second-order valence-electron chi connectivity index (χ2n) is 17.2. The molecule has 0 radical (unpaired) electrons. The van der Waals surface area contributed by atoms with Crippen LogP contribution in [0.2, 0.25) is 0 Å². The molecular formula is C37H61N5O8S. The maximum atomic E-state index is 14.4. The van der Waals surface area contributed by atoms with Gasteiger partial charge in [0.05, 0.1) is 22.1 Å². The van der Waals surface area contributed by atoms with E-state index in [2.05, 4.69) is 35.1 Å². The van der Waals surface area contributed by atoms with Gasteiger partial charge in [-0.2, -0.15) is 0 Å². The van der Waals surface area contributed by atoms with Crippen molar-refractivity contribution in [2.24, 2.45) is 23.2 Å². The third-order valence-corrected chi connectivity index (χ3v) is 15.4. The van der Waals surface area contributed by atoms with Gasteiger partial charge in [0.25, 0.3) is 5.91 Å². The summed E-state index contributed by atoms with van der Waals surface area (Å²) < 4.78 is 32.2. The Bertz CT molecular complexity index is 1450. The minimum absolute atomic E-state index is 0.00489. The summed E-state index contributed by atoms with van der Waals surface area (Å²) in [7, 11) is -3.61. The van der Waals surface area contributed by atoms with E-state index in [4.69, 9.17) is 4.74 Å². The van der Waals surface area contributed by atoms with Crippen LogP contribution in [-0.2, 0) is 33.8 Å². The molecule has 0 aromatic carbocycles. The van der Waals surface area contributed by atoms with Crippen molar-refractivity contribution in [3.05, 3.63) is 0 Å². The van der Waals surface area contributed by atoms with Crippen molar-refractivity contribution in [2.75, 3.05) is 25.5 Å². The van der Waals surface area contributed by atoms with Crippen molar-refractivity contribution in [1.29, 1.82) is 0 Å². The van der Waals surface area contributed by atoms with E-state index >= 15 is 0 Å². The first-order chi connectivity index (χ1) is 23.9. The second-order valence-corrected chi connectivity index (χ2v) is 19.7. The molecule has 5 rings (SSSR count). The maximum absolute atomic E-state index is 14.4. The number of ether oxygens (including phenoxy) is 1. The van der Waals surface area contributed by atoms with Crippen LogP contribution in [0, 0.1) is 23.2 Å². The van der Waals surface area contributed by atoms with E-state index < -0.39 is 67.8 Å². The van der Waals surface area contributed by atoms with E-state index in [1.54, 1.807) is 11.8 Å². The van der Waals surface area contributed by atoms with Gasteiger partial charge in [0.1, 0.15) is 12.1 Å². The lowest BCUT2D eigenvalue weighted by Crippen LogP contribution is -2.63. The fraction of sp³-hybridized carbons (Fsp3) is 0.865. The van der Waals surface area contributed by atoms with Crippen LogP contribution in [0.25, 0.3) is 0 Å². The zero-order valence-corrected chi connectivity index (χ0v) is 32.3. The predicted octanol–water partition coefficient (Wildman–Crippen LogP) is 3.00. The van der Waals surface area contributed by atoms with E-state index in [1.165, 1.54) is 0 Å². The normalized spacial score (nSPS) is 27.4. The summed E-state index contributed by atoms with van der Waals surface area (Å²) in [6.45, 7) is 12.6. The zero-order valence-electron chi connectivity index (χ0n) is 31.5. The molecule has 51 heavy (non-hydrogen) atoms. The SMILES string of the molecule is CCCCC(NC(=O)C1C2C(CN1C(=O)C(NC(=O)NC1(CS(=O)(=O)C3(C)CCOCC3)CCCCC1)C(C)C)C2(C)C)C(=O)C(=O)NC1CC1. The Balaban J connectivity index is 1.30. The molecule has 2 saturated heterocycles. The van der Waals surface area contributed by atoms with Crippen LogP contribution >= 0.6 is 0 Å². The molecule has 5 unspecified atom stereocenters. The summed E-state index contributed by atoms with van der Waals surface area (Å²) in [5.74, 6) is -2.79. The first-order valence-electron chi connectivity index (χ1n) is 19.3. The highest BCUT2D eigenvalue weighted by atomic mass is 32.2. The average Bonchev–Trinajstić information content (AvgIpc) is 3.92. The number of likely N-dealkylation sites (tertiary alicyclic amines) is 1. The smallest absolute Gasteiger partial charge is 0.315 e. The minimum atomic E-state index is -3.61. The first kappa shape index (κ1) is 39.5. The number of hydrogen-bond donors (Lipinski definition) is 4. The summed E-state index contributed by atoms with van der Waals surface area (Å²) in [4.78, 5) is 69.6. The number of urea groups is 1. The molecule has 2 aliphatic heterocycles. The highest BCUT2D eigenvalue weighted by Gasteiger charge is 2.69. The number of sulfone groups is 1. The van der Waals surface area contributed by atoms with Crippen LogP contribution in [0.4, 0.5) is 4.79 Å². The van der Waals surface area contributed by atoms with Gasteiger partial charge >= 0.3 is 6.03 Å². The van der Waals surface area contributed by atoms with Gasteiger partial charge in [0.2, 0.25) is 17.6 Å². The number of Topliss-reactive ketones (excluding diaryl/α,β-unsaturated/α-hetero) is 1. The number of carbonyl (C=O) groups excluding carboxylic acids is 5. The minimum Gasteiger partial charge on any atom is -0.381 e. The van der Waals surface area contributed by atoms with Crippen LogP contribution in [0.5, 0.6) is 0 Å². The number of nitrogens with zero attached hydrogens (tertiary/aromatic N) is 1. The van der Waals surface area contributed by atoms with E-state index in [9.17, 15) is 32.4 Å². The molecule has 13 nitrogen and oxygen atoms in total. The molecule has 3 saturated carbocycles. The molecule has 2 heterocycles. The van der Waals surface area contributed by atoms with Crippen molar-refractivity contribution in [3.8, 4) is 0 Å². The molecule has 288 valence electrons. The number of amides is 5. The third-order valence-electron chi connectivity index (χ3n) is 12.6. The van der Waals surface area contributed by atoms with Gasteiger partial charge in [-0.15, -0.1) is 0 Å². The fourth-order valence-corrected chi connectivity index (χ4v) is 10.9. The Morgan fingerprint density at radius 2 is 1.57 bits per heavy atom. The predicted molar refractivity (Wildman–Crippen MR) is 192 cm³/mol. The summed E-state index contributed by atoms with van der Waals surface area (Å²) in [6, 6.07) is -3.43. The summed E-state index contributed by atoms with van der Waals surface area (Å²) >= 11 is 0. The zero-order chi connectivity index (χ0) is 37.4. The Morgan fingerprint density at radius 1 is 0.922 bits per heavy atom. The van der Waals surface area contributed by atoms with Gasteiger partial charge in [-0.1, -0.05) is 66.7 Å². The molecule has 0 aromatic rings. The molecule has 5 aliphatic rings. The van der Waals surface area contributed by atoms with Crippen LogP contribution in [0.3, 0.4) is 0 Å². The molecule has 3 aliphatic carbocycles. The van der Waals surface area contributed by atoms with Gasteiger partial charge in [-0.05, 0) is 75.0 Å². The number of rotatable bonds is 15. The Kier molecular flexibility index (Phi) is 11.9. The van der Waals surface area contributed by atoms with Crippen LogP contribution in [-0.4, -0.2) is 103 Å². The Morgan fingerprint density at radius 3 is 2.16 bits per heavy atom. The van der Waals surface area contributed by atoms with Crippen molar-refractivity contribution in [3.63, 3.8) is 0 Å². The van der Waals surface area contributed by atoms with Crippen LogP contribution in [0.1, 0.15) is 119 Å². The highest BCUT2D eigenvalue weighted by molar-refractivity contribution is 7.92. The average molecular weight is 736 g/mol. The maximum Gasteiger partial charge on any atom is 0.315 e. The largest absolute Gasteiger partial charge is 0.381 e. The Hall–Kier alpha value is -2.74. The van der Waals surface area contributed by atoms with Gasteiger partial charge in [-0.3, -0.25) is 19.2 Å². The van der Waals surface area contributed by atoms with Crippen LogP contribution < -0.4 is 21.3 Å². The molecular weight excluding hydrogens is 675 g/mol. The van der Waals surface area contributed by atoms with Crippen LogP contribution in [0.15, 0.2) is 0 Å². The van der Waals surface area contributed by atoms with E-state index in [1.807, 2.05) is 20.8 Å². The van der Waals surface area contributed by atoms with Crippen molar-refractivity contribution < 1.29 is 37.1 Å². The lowest BCUT2D eigenvalue weighted by atomic mass is 9.83. The molecule has 5 fully saturated rings. The number of carbonyl (C=O) groups is 5. The molecule has 14 heteroatoms. The van der Waals surface area contributed by atoms with Gasteiger partial charge in [0, 0.05) is 25.8 Å². The monoisotopic (exact) mass is 735 g/mol. The highest BCUT2D eigenvalue weighted by Crippen LogP contribution is 2.65. The number of fused-ring (bicyclic) bond motifs is 1. The number of hydrogen-bond acceptors (Lipinski definition) is 8. The van der Waals surface area contributed by atoms with E-state index in [0.29, 0.717) is 58.3 Å². The van der Waals surface area contributed by atoms with E-state index in [0.717, 1.165) is 38.5 Å². The molecule has 4 N–H and O–H groups in total. The molecule has 5 atom stereocenters. The standard InChI is InChI=1S/C37H61N5O8S/c1-7-8-12-26(30(43)32(45)38-24-13-14-24)39-31(44)29-27-25(35(27,4)5)21-42(29)33(46)28(23(2)3)40-34(47)41-37(15-10-9-11-16-37)22-51(48,49)36(6)17-19-50-20-18-36/h23-29H,7-22H2,1-6H3,(H,38,45)(H,39,44)(H2,40,41,47). The summed E-state index contributed by atoms with van der Waals surface area (Å²) in [5.41, 5.74) is -1.15. The van der Waals surface area contributed by atoms with Crippen molar-refractivity contribution in [1.82, 2.24) is 26.2 Å². The number of nitrogens with one attached hydrogen (secondary N) is 4. The van der Waals surface area contributed by atoms with Crippen molar-refractivity contribution in [2.45, 2.75) is 153 Å². The lowest BCUT2D eigenvalue weighted by Gasteiger charge is -2.42. The van der Waals surface area contributed by atoms with E-state index in [-0.39, 0.29) is 35.0 Å². The Labute approximate surface area is 303 Å². The van der Waals surface area contributed by atoms with Gasteiger partial charge < -0.3 is 30.9 Å². The van der Waals surface area contributed by atoms with Gasteiger partial charge in [0.15, 0.2) is 9.84 Å². The number of piperidine rings is 1. The molecule has 0 bridgehead atoms. The lowest BCUT2D eigenvalue weighted by molar-refractivity contribution is -0.144. The quantitative estimate of drug-likeness (QED) is 0.185. The molecule has 5 amide bonds. The first-order valence-corrected chi connectivity index (χ1v) is 20.9. The molecule has 0 aromatic heterocycles. The van der Waals surface area contributed by atoms with Crippen molar-refractivity contribution >= 4 is 39.4 Å². The van der Waals surface area contributed by atoms with Gasteiger partial charge in [-0.25, -0.2) is 13.2 Å². The summed E-state index contributed by atoms with van der Waals surface area (Å²) in [6.07, 6.45) is 7.80. The fourth-order valence-electron chi connectivity index (χ4n) is 8.69. The summed E-state index contributed by atoms with van der Waals surface area (Å²) in [5, 5.41) is 11.5. The third kappa shape index (κ3) is 8.57. The number of unbranched alkanes of at least 4 members (excludes halogenated alkanes) is 1. The topological polar surface area (TPSA) is 180 Å². The number of ketones is 1. The second kappa shape index (κ2) is 15.3.